The van der Waals surface area contributed by atoms with Crippen LogP contribution < -0.4 is 5.32 Å². The average molecular weight is 290 g/mol. The Morgan fingerprint density at radius 1 is 1.38 bits per heavy atom. The molecule has 1 aromatic carbocycles. The highest BCUT2D eigenvalue weighted by atomic mass is 16.5. The smallest absolute Gasteiger partial charge is 0.224 e. The van der Waals surface area contributed by atoms with Crippen LogP contribution in [-0.4, -0.2) is 50.7 Å². The number of nitrogens with one attached hydrogen (secondary N) is 1. The summed E-state index contributed by atoms with van der Waals surface area (Å²) in [4.78, 5) is 14.4. The average Bonchev–Trinajstić information content (AvgIpc) is 2.93. The molecule has 1 fully saturated rings. The minimum atomic E-state index is 0.120. The molecule has 4 heteroatoms. The molecular weight excluding hydrogens is 264 g/mol. The van der Waals surface area contributed by atoms with Gasteiger partial charge >= 0.3 is 0 Å². The molecule has 1 amide bonds. The highest BCUT2D eigenvalue weighted by molar-refractivity contribution is 5.78. The highest BCUT2D eigenvalue weighted by Gasteiger charge is 2.22. The zero-order valence-electron chi connectivity index (χ0n) is 13.1. The van der Waals surface area contributed by atoms with E-state index < -0.39 is 0 Å². The van der Waals surface area contributed by atoms with Crippen LogP contribution in [-0.2, 0) is 16.0 Å². The Hall–Kier alpha value is -1.39. The number of carbonyl (C=O) groups excluding carboxylic acids is 1. The number of carbonyl (C=O) groups is 1. The number of benzene rings is 1. The Morgan fingerprint density at radius 2 is 2.14 bits per heavy atom. The molecule has 1 aliphatic rings. The molecule has 116 valence electrons. The summed E-state index contributed by atoms with van der Waals surface area (Å²) in [5, 5.41) is 3.07. The fourth-order valence-electron chi connectivity index (χ4n) is 2.71. The maximum absolute atomic E-state index is 12.0. The molecule has 4 nitrogen and oxygen atoms in total. The first kappa shape index (κ1) is 16.0. The van der Waals surface area contributed by atoms with Crippen LogP contribution in [0.25, 0.3) is 0 Å². The van der Waals surface area contributed by atoms with Gasteiger partial charge in [0, 0.05) is 26.7 Å². The molecule has 1 aromatic rings. The van der Waals surface area contributed by atoms with Gasteiger partial charge in [-0.15, -0.1) is 0 Å². The van der Waals surface area contributed by atoms with Crippen molar-refractivity contribution in [2.24, 2.45) is 5.92 Å². The van der Waals surface area contributed by atoms with Gasteiger partial charge in [-0.25, -0.2) is 0 Å². The Balaban J connectivity index is 1.66. The third-order valence-electron chi connectivity index (χ3n) is 4.05. The van der Waals surface area contributed by atoms with Crippen molar-refractivity contribution in [3.05, 3.63) is 35.4 Å². The van der Waals surface area contributed by atoms with Gasteiger partial charge in [0.15, 0.2) is 0 Å². The maximum Gasteiger partial charge on any atom is 0.224 e. The SMILES string of the molecule is COCCN1CCC(CNC(=O)Cc2ccc(C)cc2)C1. The lowest BCUT2D eigenvalue weighted by Crippen LogP contribution is -2.32. The molecule has 0 spiro atoms. The summed E-state index contributed by atoms with van der Waals surface area (Å²) < 4.78 is 5.10. The molecule has 1 heterocycles. The number of hydrogen-bond acceptors (Lipinski definition) is 3. The van der Waals surface area contributed by atoms with Crippen molar-refractivity contribution >= 4 is 5.91 Å². The van der Waals surface area contributed by atoms with Crippen molar-refractivity contribution in [1.29, 1.82) is 0 Å². The number of nitrogens with zero attached hydrogens (tertiary/aromatic N) is 1. The number of ether oxygens (including phenoxy) is 1. The van der Waals surface area contributed by atoms with Crippen molar-refractivity contribution in [1.82, 2.24) is 10.2 Å². The summed E-state index contributed by atoms with van der Waals surface area (Å²) in [6.45, 7) is 6.79. The third kappa shape index (κ3) is 5.48. The minimum Gasteiger partial charge on any atom is -0.383 e. The second-order valence-electron chi connectivity index (χ2n) is 5.91. The van der Waals surface area contributed by atoms with Crippen molar-refractivity contribution in [2.45, 2.75) is 19.8 Å². The largest absolute Gasteiger partial charge is 0.383 e. The number of rotatable bonds is 7. The molecule has 1 aliphatic heterocycles. The summed E-state index contributed by atoms with van der Waals surface area (Å²) in [5.41, 5.74) is 2.30. The predicted molar refractivity (Wildman–Crippen MR) is 84.3 cm³/mol. The highest BCUT2D eigenvalue weighted by Crippen LogP contribution is 2.14. The van der Waals surface area contributed by atoms with E-state index in [2.05, 4.69) is 17.1 Å². The van der Waals surface area contributed by atoms with Gasteiger partial charge in [0.1, 0.15) is 0 Å². The first-order valence-corrected chi connectivity index (χ1v) is 7.71. The molecule has 0 aliphatic carbocycles. The molecule has 0 aromatic heterocycles. The lowest BCUT2D eigenvalue weighted by atomic mass is 10.1. The van der Waals surface area contributed by atoms with Crippen LogP contribution in [0.15, 0.2) is 24.3 Å². The summed E-state index contributed by atoms with van der Waals surface area (Å²) in [7, 11) is 1.73. The number of hydrogen-bond donors (Lipinski definition) is 1. The predicted octanol–water partition coefficient (Wildman–Crippen LogP) is 1.62. The maximum atomic E-state index is 12.0. The molecule has 0 radical (unpaired) electrons. The van der Waals surface area contributed by atoms with Crippen molar-refractivity contribution in [3.8, 4) is 0 Å². The quantitative estimate of drug-likeness (QED) is 0.830. The van der Waals surface area contributed by atoms with Gasteiger partial charge in [-0.05, 0) is 31.4 Å². The summed E-state index contributed by atoms with van der Waals surface area (Å²) in [6.07, 6.45) is 1.63. The molecule has 2 rings (SSSR count). The standard InChI is InChI=1S/C17H26N2O2/c1-14-3-5-15(6-4-14)11-17(20)18-12-16-7-8-19(13-16)9-10-21-2/h3-6,16H,7-13H2,1-2H3,(H,18,20). The number of likely N-dealkylation sites (tertiary alicyclic amines) is 1. The summed E-state index contributed by atoms with van der Waals surface area (Å²) >= 11 is 0. The molecule has 1 unspecified atom stereocenters. The fourth-order valence-corrected chi connectivity index (χ4v) is 2.71. The lowest BCUT2D eigenvalue weighted by Gasteiger charge is -2.15. The normalized spacial score (nSPS) is 18.9. The van der Waals surface area contributed by atoms with E-state index in [1.54, 1.807) is 7.11 Å². The van der Waals surface area contributed by atoms with Crippen LogP contribution in [0.4, 0.5) is 0 Å². The molecule has 1 N–H and O–H groups in total. The van der Waals surface area contributed by atoms with E-state index in [-0.39, 0.29) is 5.91 Å². The van der Waals surface area contributed by atoms with Crippen LogP contribution in [0, 0.1) is 12.8 Å². The van der Waals surface area contributed by atoms with E-state index in [0.29, 0.717) is 12.3 Å². The van der Waals surface area contributed by atoms with Gasteiger partial charge in [0.2, 0.25) is 5.91 Å². The molecule has 21 heavy (non-hydrogen) atoms. The first-order valence-electron chi connectivity index (χ1n) is 7.71. The second kappa shape index (κ2) is 8.15. The topological polar surface area (TPSA) is 41.6 Å². The van der Waals surface area contributed by atoms with E-state index in [9.17, 15) is 4.79 Å². The molecule has 1 atom stereocenters. The van der Waals surface area contributed by atoms with E-state index in [1.165, 1.54) is 5.56 Å². The monoisotopic (exact) mass is 290 g/mol. The van der Waals surface area contributed by atoms with E-state index in [4.69, 9.17) is 4.74 Å². The summed E-state index contributed by atoms with van der Waals surface area (Å²) in [6, 6.07) is 8.15. The van der Waals surface area contributed by atoms with Crippen LogP contribution in [0.5, 0.6) is 0 Å². The van der Waals surface area contributed by atoms with E-state index in [0.717, 1.165) is 44.8 Å². The zero-order chi connectivity index (χ0) is 15.1. The van der Waals surface area contributed by atoms with Gasteiger partial charge in [-0.1, -0.05) is 29.8 Å². The van der Waals surface area contributed by atoms with Crippen molar-refractivity contribution < 1.29 is 9.53 Å². The zero-order valence-corrected chi connectivity index (χ0v) is 13.1. The molecule has 1 saturated heterocycles. The van der Waals surface area contributed by atoms with Crippen LogP contribution in [0.1, 0.15) is 17.5 Å². The Bertz CT molecular complexity index is 445. The van der Waals surface area contributed by atoms with Crippen molar-refractivity contribution in [2.75, 3.05) is 39.9 Å². The van der Waals surface area contributed by atoms with Gasteiger partial charge in [0.25, 0.3) is 0 Å². The van der Waals surface area contributed by atoms with Gasteiger partial charge in [-0.2, -0.15) is 0 Å². The van der Waals surface area contributed by atoms with Gasteiger partial charge < -0.3 is 15.0 Å². The Kier molecular flexibility index (Phi) is 6.21. The Labute approximate surface area is 127 Å². The van der Waals surface area contributed by atoms with Crippen LogP contribution in [0.2, 0.25) is 0 Å². The first-order chi connectivity index (χ1) is 10.2. The minimum absolute atomic E-state index is 0.120. The van der Waals surface area contributed by atoms with Crippen molar-refractivity contribution in [3.63, 3.8) is 0 Å². The number of amides is 1. The molecule has 0 bridgehead atoms. The van der Waals surface area contributed by atoms with Gasteiger partial charge in [0.05, 0.1) is 13.0 Å². The number of methoxy groups -OCH3 is 1. The fraction of sp³-hybridized carbons (Fsp3) is 0.588. The third-order valence-corrected chi connectivity index (χ3v) is 4.05. The molecular formula is C17H26N2O2. The van der Waals surface area contributed by atoms with Gasteiger partial charge in [-0.3, -0.25) is 4.79 Å². The van der Waals surface area contributed by atoms with Crippen LogP contribution >= 0.6 is 0 Å². The lowest BCUT2D eigenvalue weighted by molar-refractivity contribution is -0.120. The van der Waals surface area contributed by atoms with E-state index in [1.807, 2.05) is 24.3 Å². The Morgan fingerprint density at radius 3 is 2.86 bits per heavy atom. The summed E-state index contributed by atoms with van der Waals surface area (Å²) in [5.74, 6) is 0.693. The second-order valence-corrected chi connectivity index (χ2v) is 5.91. The van der Waals surface area contributed by atoms with Crippen LogP contribution in [0.3, 0.4) is 0 Å². The molecule has 0 saturated carbocycles. The number of aryl methyl sites for hydroxylation is 1. The van der Waals surface area contributed by atoms with E-state index >= 15 is 0 Å².